The number of rotatable bonds is 3. The standard InChI is InChI=1S/C17H12Cl2F5N3O/c18-11-4-9(5-12(19)15(11)21)16(17(22,23)24)6-14(27-28-16)26-10-1-2-13(20)8(3-10)7-25/h1-5H,6-7,25H2,(H,26,27). The minimum atomic E-state index is -4.92. The molecule has 2 aromatic carbocycles. The quantitative estimate of drug-likeness (QED) is 0.501. The van der Waals surface area contributed by atoms with Crippen LogP contribution < -0.4 is 11.1 Å². The van der Waals surface area contributed by atoms with E-state index in [4.69, 9.17) is 33.8 Å². The molecule has 0 aromatic heterocycles. The molecule has 1 heterocycles. The fourth-order valence-corrected chi connectivity index (χ4v) is 3.22. The summed E-state index contributed by atoms with van der Waals surface area (Å²) in [6.07, 6.45) is -5.68. The van der Waals surface area contributed by atoms with Crippen molar-refractivity contribution in [1.29, 1.82) is 0 Å². The molecule has 1 atom stereocenters. The van der Waals surface area contributed by atoms with Gasteiger partial charge in [0.15, 0.2) is 11.7 Å². The van der Waals surface area contributed by atoms with Crippen LogP contribution in [0, 0.1) is 11.6 Å². The van der Waals surface area contributed by atoms with Crippen LogP contribution in [-0.4, -0.2) is 12.0 Å². The second-order valence-corrected chi connectivity index (χ2v) is 6.83. The van der Waals surface area contributed by atoms with Crippen LogP contribution in [0.2, 0.25) is 10.0 Å². The van der Waals surface area contributed by atoms with E-state index in [2.05, 4.69) is 10.5 Å². The molecule has 0 aliphatic carbocycles. The SMILES string of the molecule is NCc1cc(NC2=NOC(c3cc(Cl)c(F)c(Cl)c3)(C(F)(F)F)C2)ccc1F. The number of hydrogen-bond donors (Lipinski definition) is 2. The Balaban J connectivity index is 1.93. The lowest BCUT2D eigenvalue weighted by Crippen LogP contribution is -2.43. The molecule has 1 aliphatic heterocycles. The third-order valence-electron chi connectivity index (χ3n) is 4.19. The zero-order valence-electron chi connectivity index (χ0n) is 13.9. The van der Waals surface area contributed by atoms with Crippen molar-refractivity contribution in [2.45, 2.75) is 24.7 Å². The summed E-state index contributed by atoms with van der Waals surface area (Å²) < 4.78 is 68.8. The second kappa shape index (κ2) is 7.38. The van der Waals surface area contributed by atoms with Crippen LogP contribution in [0.4, 0.5) is 27.6 Å². The maximum absolute atomic E-state index is 13.9. The third-order valence-corrected chi connectivity index (χ3v) is 4.74. The lowest BCUT2D eigenvalue weighted by atomic mass is 9.89. The van der Waals surface area contributed by atoms with Gasteiger partial charge in [-0.15, -0.1) is 0 Å². The smallest absolute Gasteiger partial charge is 0.372 e. The molecule has 1 unspecified atom stereocenters. The highest BCUT2D eigenvalue weighted by molar-refractivity contribution is 6.35. The number of nitrogens with zero attached hydrogens (tertiary/aromatic N) is 1. The van der Waals surface area contributed by atoms with Crippen molar-refractivity contribution in [2.24, 2.45) is 10.9 Å². The van der Waals surface area contributed by atoms with Gasteiger partial charge in [-0.1, -0.05) is 28.4 Å². The van der Waals surface area contributed by atoms with Gasteiger partial charge in [-0.25, -0.2) is 8.78 Å². The van der Waals surface area contributed by atoms with Crippen molar-refractivity contribution in [3.8, 4) is 0 Å². The minimum Gasteiger partial charge on any atom is -0.372 e. The second-order valence-electron chi connectivity index (χ2n) is 6.02. The normalized spacial score (nSPS) is 19.4. The molecule has 150 valence electrons. The number of halogens is 7. The highest BCUT2D eigenvalue weighted by Crippen LogP contribution is 2.49. The van der Waals surface area contributed by atoms with E-state index in [9.17, 15) is 22.0 Å². The van der Waals surface area contributed by atoms with Crippen LogP contribution in [0.25, 0.3) is 0 Å². The maximum Gasteiger partial charge on any atom is 0.435 e. The lowest BCUT2D eigenvalue weighted by Gasteiger charge is -2.29. The molecule has 28 heavy (non-hydrogen) atoms. The molecule has 3 N–H and O–H groups in total. The summed E-state index contributed by atoms with van der Waals surface area (Å²) in [5, 5.41) is 4.95. The van der Waals surface area contributed by atoms with Gasteiger partial charge in [-0.05, 0) is 30.3 Å². The summed E-state index contributed by atoms with van der Waals surface area (Å²) in [5.41, 5.74) is 2.45. The predicted molar refractivity (Wildman–Crippen MR) is 95.2 cm³/mol. The Morgan fingerprint density at radius 1 is 1.14 bits per heavy atom. The zero-order chi connectivity index (χ0) is 20.7. The Kier molecular flexibility index (Phi) is 5.44. The highest BCUT2D eigenvalue weighted by atomic mass is 35.5. The van der Waals surface area contributed by atoms with Gasteiger partial charge in [0.1, 0.15) is 5.82 Å². The average molecular weight is 440 g/mol. The fourth-order valence-electron chi connectivity index (χ4n) is 2.74. The Morgan fingerprint density at radius 2 is 1.79 bits per heavy atom. The molecule has 1 aliphatic rings. The van der Waals surface area contributed by atoms with Gasteiger partial charge in [0, 0.05) is 23.4 Å². The van der Waals surface area contributed by atoms with E-state index in [1.54, 1.807) is 0 Å². The van der Waals surface area contributed by atoms with Gasteiger partial charge >= 0.3 is 6.18 Å². The van der Waals surface area contributed by atoms with Gasteiger partial charge in [-0.3, -0.25) is 0 Å². The van der Waals surface area contributed by atoms with Crippen molar-refractivity contribution in [3.63, 3.8) is 0 Å². The number of oxime groups is 1. The molecule has 0 spiro atoms. The van der Waals surface area contributed by atoms with Crippen molar-refractivity contribution in [3.05, 3.63) is 63.1 Å². The molecular weight excluding hydrogens is 428 g/mol. The number of nitrogens with one attached hydrogen (secondary N) is 1. The number of anilines is 1. The Hall–Kier alpha value is -2.10. The van der Waals surface area contributed by atoms with Crippen molar-refractivity contribution in [1.82, 2.24) is 0 Å². The summed E-state index contributed by atoms with van der Waals surface area (Å²) in [6.45, 7) is -0.0939. The Bertz CT molecular complexity index is 928. The third kappa shape index (κ3) is 3.61. The Morgan fingerprint density at radius 3 is 2.36 bits per heavy atom. The van der Waals surface area contributed by atoms with E-state index >= 15 is 0 Å². The van der Waals surface area contributed by atoms with Crippen LogP contribution in [0.3, 0.4) is 0 Å². The van der Waals surface area contributed by atoms with Crippen molar-refractivity contribution >= 4 is 34.7 Å². The molecule has 0 fully saturated rings. The lowest BCUT2D eigenvalue weighted by molar-refractivity contribution is -0.275. The highest BCUT2D eigenvalue weighted by Gasteiger charge is 2.62. The summed E-state index contributed by atoms with van der Waals surface area (Å²) in [5.74, 6) is -1.76. The molecule has 0 saturated carbocycles. The van der Waals surface area contributed by atoms with Gasteiger partial charge in [0.05, 0.1) is 16.5 Å². The number of nitrogens with two attached hydrogens (primary N) is 1. The van der Waals surface area contributed by atoms with Crippen LogP contribution in [-0.2, 0) is 17.0 Å². The van der Waals surface area contributed by atoms with E-state index in [0.29, 0.717) is 0 Å². The molecule has 0 bridgehead atoms. The molecule has 0 saturated heterocycles. The van der Waals surface area contributed by atoms with Crippen LogP contribution in [0.1, 0.15) is 17.5 Å². The zero-order valence-corrected chi connectivity index (χ0v) is 15.4. The Labute approximate surface area is 166 Å². The number of amidine groups is 1. The fraction of sp³-hybridized carbons (Fsp3) is 0.235. The largest absolute Gasteiger partial charge is 0.435 e. The van der Waals surface area contributed by atoms with E-state index in [0.717, 1.165) is 18.2 Å². The van der Waals surface area contributed by atoms with Gasteiger partial charge in [-0.2, -0.15) is 13.2 Å². The maximum atomic E-state index is 13.9. The van der Waals surface area contributed by atoms with Crippen molar-refractivity contribution < 1.29 is 26.8 Å². The first-order chi connectivity index (χ1) is 13.1. The van der Waals surface area contributed by atoms with E-state index in [1.807, 2.05) is 0 Å². The number of alkyl halides is 3. The first-order valence-electron chi connectivity index (χ1n) is 7.79. The van der Waals surface area contributed by atoms with Gasteiger partial charge in [0.2, 0.25) is 0 Å². The molecule has 3 rings (SSSR count). The molecule has 11 heteroatoms. The van der Waals surface area contributed by atoms with Crippen molar-refractivity contribution in [2.75, 3.05) is 5.32 Å². The summed E-state index contributed by atoms with van der Waals surface area (Å²) in [6, 6.07) is 5.36. The van der Waals surface area contributed by atoms with Gasteiger partial charge in [0.25, 0.3) is 5.60 Å². The monoisotopic (exact) mass is 439 g/mol. The van der Waals surface area contributed by atoms with E-state index in [1.165, 1.54) is 12.1 Å². The van der Waals surface area contributed by atoms with E-state index in [-0.39, 0.29) is 23.6 Å². The molecular formula is C17H12Cl2F5N3O. The predicted octanol–water partition coefficient (Wildman–Crippen LogP) is 5.33. The minimum absolute atomic E-state index is 0.0939. The van der Waals surface area contributed by atoms with E-state index < -0.39 is 45.4 Å². The van der Waals surface area contributed by atoms with Crippen LogP contribution in [0.5, 0.6) is 0 Å². The van der Waals surface area contributed by atoms with Crippen LogP contribution >= 0.6 is 23.2 Å². The molecule has 0 amide bonds. The summed E-state index contributed by atoms with van der Waals surface area (Å²) in [7, 11) is 0. The summed E-state index contributed by atoms with van der Waals surface area (Å²) >= 11 is 11.3. The molecule has 4 nitrogen and oxygen atoms in total. The first kappa shape index (κ1) is 20.6. The topological polar surface area (TPSA) is 59.6 Å². The first-order valence-corrected chi connectivity index (χ1v) is 8.55. The molecule has 0 radical (unpaired) electrons. The van der Waals surface area contributed by atoms with Gasteiger partial charge < -0.3 is 15.9 Å². The number of benzene rings is 2. The van der Waals surface area contributed by atoms with Crippen LogP contribution in [0.15, 0.2) is 35.5 Å². The molecule has 2 aromatic rings. The number of hydrogen-bond acceptors (Lipinski definition) is 4. The average Bonchev–Trinajstić information content (AvgIpc) is 3.06. The summed E-state index contributed by atoms with van der Waals surface area (Å²) in [4.78, 5) is 4.77.